The van der Waals surface area contributed by atoms with Crippen molar-refractivity contribution in [3.05, 3.63) is 35.9 Å². The smallest absolute Gasteiger partial charge is 0.248 e. The van der Waals surface area contributed by atoms with Crippen molar-refractivity contribution in [3.8, 4) is 0 Å². The molecule has 1 aromatic carbocycles. The fourth-order valence-corrected chi connectivity index (χ4v) is 4.40. The van der Waals surface area contributed by atoms with Crippen LogP contribution in [0, 0.1) is 0 Å². The van der Waals surface area contributed by atoms with E-state index in [0.717, 1.165) is 96.0 Å². The molecule has 0 radical (unpaired) electrons. The van der Waals surface area contributed by atoms with E-state index >= 15 is 0 Å². The van der Waals surface area contributed by atoms with Gasteiger partial charge in [-0.3, -0.25) is 9.59 Å². The Morgan fingerprint density at radius 3 is 1.55 bits per heavy atom. The van der Waals surface area contributed by atoms with Crippen LogP contribution in [0.15, 0.2) is 30.3 Å². The van der Waals surface area contributed by atoms with E-state index in [0.29, 0.717) is 6.61 Å². The monoisotopic (exact) mass is 562 g/mol. The summed E-state index contributed by atoms with van der Waals surface area (Å²) in [6.07, 6.45) is 10.0. The molecule has 0 bridgehead atoms. The Morgan fingerprint density at radius 1 is 0.625 bits per heavy atom. The Kier molecular flexibility index (Phi) is 20.5. The normalized spacial score (nSPS) is 12.7. The van der Waals surface area contributed by atoms with E-state index in [-0.39, 0.29) is 38.2 Å². The molecule has 7 heteroatoms. The molecule has 0 aromatic heterocycles. The van der Waals surface area contributed by atoms with Crippen LogP contribution in [0.4, 0.5) is 0 Å². The lowest BCUT2D eigenvalue weighted by atomic mass is 9.95. The maximum absolute atomic E-state index is 13.3. The molecule has 1 aromatic rings. The van der Waals surface area contributed by atoms with E-state index in [1.54, 1.807) is 0 Å². The van der Waals surface area contributed by atoms with Gasteiger partial charge in [0.1, 0.15) is 18.8 Å². The molecule has 1 unspecified atom stereocenters. The first kappa shape index (κ1) is 36.1. The van der Waals surface area contributed by atoms with Crippen LogP contribution in [0.5, 0.6) is 0 Å². The third-order valence-electron chi connectivity index (χ3n) is 7.14. The number of rotatable bonds is 25. The highest BCUT2D eigenvalue weighted by Crippen LogP contribution is 2.28. The summed E-state index contributed by atoms with van der Waals surface area (Å²) in [5, 5.41) is 0. The van der Waals surface area contributed by atoms with Gasteiger partial charge >= 0.3 is 0 Å². The number of ether oxygens (including phenoxy) is 3. The molecule has 40 heavy (non-hydrogen) atoms. The van der Waals surface area contributed by atoms with Crippen LogP contribution in [0.1, 0.15) is 104 Å². The van der Waals surface area contributed by atoms with Crippen molar-refractivity contribution in [2.45, 2.75) is 104 Å². The van der Waals surface area contributed by atoms with Gasteiger partial charge in [-0.05, 0) is 37.7 Å². The standard InChI is InChI=1S/C33H58N2O5/c1-6-11-21-34(22-12-7-2)31(36)26-39-29-33(28-38-25-15-10-5,30-19-17-16-18-20-30)40-27-32(37)35(23-13-8-3)24-14-9-4/h16-20H,6-15,21-29H2,1-5H3. The highest BCUT2D eigenvalue weighted by atomic mass is 16.6. The van der Waals surface area contributed by atoms with E-state index in [1.807, 2.05) is 40.1 Å². The van der Waals surface area contributed by atoms with Crippen LogP contribution in [-0.4, -0.2) is 80.8 Å². The molecule has 0 fully saturated rings. The fraction of sp³-hybridized carbons (Fsp3) is 0.758. The molecule has 2 amide bonds. The summed E-state index contributed by atoms with van der Waals surface area (Å²) in [6, 6.07) is 9.84. The lowest BCUT2D eigenvalue weighted by Gasteiger charge is -2.35. The average molecular weight is 563 g/mol. The number of unbranched alkanes of at least 4 members (excludes halogenated alkanes) is 5. The molecular formula is C33H58N2O5. The molecular weight excluding hydrogens is 504 g/mol. The molecule has 230 valence electrons. The molecule has 0 N–H and O–H groups in total. The van der Waals surface area contributed by atoms with Gasteiger partial charge in [-0.25, -0.2) is 0 Å². The molecule has 0 saturated carbocycles. The summed E-state index contributed by atoms with van der Waals surface area (Å²) in [4.78, 5) is 30.3. The Morgan fingerprint density at radius 2 is 1.07 bits per heavy atom. The fourth-order valence-electron chi connectivity index (χ4n) is 4.40. The largest absolute Gasteiger partial charge is 0.378 e. The van der Waals surface area contributed by atoms with Crippen molar-refractivity contribution < 1.29 is 23.8 Å². The van der Waals surface area contributed by atoms with Crippen molar-refractivity contribution in [1.82, 2.24) is 9.80 Å². The molecule has 0 heterocycles. The number of carbonyl (C=O) groups excluding carboxylic acids is 2. The zero-order chi connectivity index (χ0) is 29.5. The molecule has 1 atom stereocenters. The quantitative estimate of drug-likeness (QED) is 0.126. The van der Waals surface area contributed by atoms with E-state index in [4.69, 9.17) is 14.2 Å². The van der Waals surface area contributed by atoms with Gasteiger partial charge in [-0.15, -0.1) is 0 Å². The van der Waals surface area contributed by atoms with Crippen molar-refractivity contribution in [2.24, 2.45) is 0 Å². The summed E-state index contributed by atoms with van der Waals surface area (Å²) >= 11 is 0. The van der Waals surface area contributed by atoms with E-state index in [1.165, 1.54) is 0 Å². The van der Waals surface area contributed by atoms with Crippen LogP contribution in [0.3, 0.4) is 0 Å². The molecule has 0 spiro atoms. The van der Waals surface area contributed by atoms with Crippen LogP contribution < -0.4 is 0 Å². The maximum atomic E-state index is 13.3. The molecule has 7 nitrogen and oxygen atoms in total. The Bertz CT molecular complexity index is 759. The zero-order valence-corrected chi connectivity index (χ0v) is 26.3. The van der Waals surface area contributed by atoms with Crippen LogP contribution in [0.2, 0.25) is 0 Å². The SMILES string of the molecule is CCCCOCC(COCC(=O)N(CCCC)CCCC)(OCC(=O)N(CCCC)CCCC)c1ccccc1. The number of amides is 2. The summed E-state index contributed by atoms with van der Waals surface area (Å²) in [6.45, 7) is 14.5. The van der Waals surface area contributed by atoms with Crippen LogP contribution in [-0.2, 0) is 29.4 Å². The Balaban J connectivity index is 3.11. The van der Waals surface area contributed by atoms with Gasteiger partial charge in [0, 0.05) is 32.8 Å². The van der Waals surface area contributed by atoms with Crippen LogP contribution >= 0.6 is 0 Å². The van der Waals surface area contributed by atoms with Gasteiger partial charge in [-0.2, -0.15) is 0 Å². The van der Waals surface area contributed by atoms with Gasteiger partial charge in [0.05, 0.1) is 13.2 Å². The van der Waals surface area contributed by atoms with Crippen LogP contribution in [0.25, 0.3) is 0 Å². The molecule has 0 aliphatic heterocycles. The first-order valence-electron chi connectivity index (χ1n) is 15.9. The summed E-state index contributed by atoms with van der Waals surface area (Å²) in [5.74, 6) is -0.0192. The zero-order valence-electron chi connectivity index (χ0n) is 26.3. The second-order valence-corrected chi connectivity index (χ2v) is 10.7. The minimum absolute atomic E-state index is 0.00264. The van der Waals surface area contributed by atoms with E-state index < -0.39 is 5.60 Å². The second-order valence-electron chi connectivity index (χ2n) is 10.7. The summed E-state index contributed by atoms with van der Waals surface area (Å²) in [5.41, 5.74) is -0.113. The number of carbonyl (C=O) groups is 2. The van der Waals surface area contributed by atoms with Crippen molar-refractivity contribution in [1.29, 1.82) is 0 Å². The lowest BCUT2D eigenvalue weighted by molar-refractivity contribution is -0.167. The minimum atomic E-state index is -0.996. The second kappa shape index (κ2) is 22.7. The van der Waals surface area contributed by atoms with Crippen molar-refractivity contribution >= 4 is 11.8 Å². The number of benzene rings is 1. The average Bonchev–Trinajstić information content (AvgIpc) is 2.98. The number of hydrogen-bond donors (Lipinski definition) is 0. The first-order chi connectivity index (χ1) is 19.5. The minimum Gasteiger partial charge on any atom is -0.378 e. The predicted octanol–water partition coefficient (Wildman–Crippen LogP) is 6.59. The van der Waals surface area contributed by atoms with Gasteiger partial charge in [0.2, 0.25) is 11.8 Å². The van der Waals surface area contributed by atoms with Gasteiger partial charge in [0.25, 0.3) is 0 Å². The highest BCUT2D eigenvalue weighted by molar-refractivity contribution is 5.78. The van der Waals surface area contributed by atoms with Gasteiger partial charge in [0.15, 0.2) is 0 Å². The van der Waals surface area contributed by atoms with Crippen molar-refractivity contribution in [3.63, 3.8) is 0 Å². The van der Waals surface area contributed by atoms with Crippen molar-refractivity contribution in [2.75, 3.05) is 59.2 Å². The van der Waals surface area contributed by atoms with E-state index in [9.17, 15) is 9.59 Å². The lowest BCUT2D eigenvalue weighted by Crippen LogP contribution is -2.45. The molecule has 0 aliphatic rings. The number of nitrogens with zero attached hydrogens (tertiary/aromatic N) is 2. The Hall–Kier alpha value is -1.96. The summed E-state index contributed by atoms with van der Waals surface area (Å²) in [7, 11) is 0. The third kappa shape index (κ3) is 14.1. The highest BCUT2D eigenvalue weighted by Gasteiger charge is 2.36. The first-order valence-corrected chi connectivity index (χ1v) is 15.9. The molecule has 1 rings (SSSR count). The summed E-state index contributed by atoms with van der Waals surface area (Å²) < 4.78 is 18.7. The third-order valence-corrected chi connectivity index (χ3v) is 7.14. The maximum Gasteiger partial charge on any atom is 0.248 e. The Labute approximate surface area is 244 Å². The molecule has 0 saturated heterocycles. The number of hydrogen-bond acceptors (Lipinski definition) is 5. The van der Waals surface area contributed by atoms with E-state index in [2.05, 4.69) is 34.6 Å². The van der Waals surface area contributed by atoms with Gasteiger partial charge < -0.3 is 24.0 Å². The molecule has 0 aliphatic carbocycles. The topological polar surface area (TPSA) is 68.3 Å². The predicted molar refractivity (Wildman–Crippen MR) is 163 cm³/mol. The van der Waals surface area contributed by atoms with Gasteiger partial charge in [-0.1, -0.05) is 97.1 Å².